The third-order valence-electron chi connectivity index (χ3n) is 16.3. The van der Waals surface area contributed by atoms with Crippen molar-refractivity contribution in [3.63, 3.8) is 0 Å². The zero-order valence-corrected chi connectivity index (χ0v) is 53.6. The molecule has 0 saturated carbocycles. The van der Waals surface area contributed by atoms with E-state index in [1.54, 1.807) is 41.3 Å². The number of carboxylic acids is 1. The van der Waals surface area contributed by atoms with Crippen molar-refractivity contribution in [3.8, 4) is 0 Å². The molecule has 0 aromatic heterocycles. The quantitative estimate of drug-likeness (QED) is 0.0119. The van der Waals surface area contributed by atoms with Crippen molar-refractivity contribution in [1.29, 1.82) is 0 Å². The van der Waals surface area contributed by atoms with Crippen molar-refractivity contribution in [3.05, 3.63) is 95.7 Å². The van der Waals surface area contributed by atoms with Crippen LogP contribution in [0.25, 0.3) is 21.5 Å². The summed E-state index contributed by atoms with van der Waals surface area (Å²) in [5, 5.41) is 31.5. The highest BCUT2D eigenvalue weighted by atomic mass is 32.2. The molecule has 9 N–H and O–H groups in total. The second kappa shape index (κ2) is 29.9. The molecule has 3 amide bonds. The first-order chi connectivity index (χ1) is 41.9. The van der Waals surface area contributed by atoms with Crippen molar-refractivity contribution in [2.75, 3.05) is 36.8 Å². The summed E-state index contributed by atoms with van der Waals surface area (Å²) in [5.74, 6) is -2.51. The summed E-state index contributed by atoms with van der Waals surface area (Å²) in [7, 11) is -19.5. The van der Waals surface area contributed by atoms with Crippen LogP contribution >= 0.6 is 12.0 Å². The maximum atomic E-state index is 13.5. The van der Waals surface area contributed by atoms with Gasteiger partial charge in [0.1, 0.15) is 17.5 Å². The minimum Gasteiger partial charge on any atom is -0.481 e. The van der Waals surface area contributed by atoms with Gasteiger partial charge in [0, 0.05) is 90.1 Å². The Morgan fingerprint density at radius 2 is 1.40 bits per heavy atom. The Bertz CT molecular complexity index is 3960. The zero-order valence-electron chi connectivity index (χ0n) is 49.5. The predicted octanol–water partition coefficient (Wildman–Crippen LogP) is 8.65. The fourth-order valence-corrected chi connectivity index (χ4v) is 15.2. The second-order valence-corrected chi connectivity index (χ2v) is 29.6. The van der Waals surface area contributed by atoms with Gasteiger partial charge < -0.3 is 26.0 Å². The Balaban J connectivity index is 1.32. The van der Waals surface area contributed by atoms with E-state index in [0.29, 0.717) is 134 Å². The highest BCUT2D eigenvalue weighted by Gasteiger charge is 2.47. The van der Waals surface area contributed by atoms with Crippen LogP contribution in [-0.2, 0) is 79.9 Å². The summed E-state index contributed by atoms with van der Waals surface area (Å²) in [6.45, 7) is 6.61. The maximum absolute atomic E-state index is 13.5. The fraction of sp³-hybridized carbons (Fsp3) is 0.475. The van der Waals surface area contributed by atoms with Gasteiger partial charge in [-0.2, -0.15) is 38.2 Å². The van der Waals surface area contributed by atoms with Crippen LogP contribution in [0.3, 0.4) is 0 Å². The summed E-state index contributed by atoms with van der Waals surface area (Å²) in [4.78, 5) is 51.1. The largest absolute Gasteiger partial charge is 0.481 e. The first kappa shape index (κ1) is 70.3. The minimum atomic E-state index is -5.13. The SMILES string of the molecule is CC1(C)C2=[N+](CCCCCC(=O)NC(C(=O)NCCCCCC(=O)O)CCCCNC(=O)CCCCCC3(C)/C(=C/C=C/C=C2)N(CCCS(=O)(=O)O)c2ccc4c(S(=O)(=O)O)cc(S(=O)(=O)O)cc4c23)c2ccc3c(SOOO)cc(S(=O)(=O)O)cc3c21. The molecule has 3 aliphatic heterocycles. The first-order valence-corrected chi connectivity index (χ1v) is 35.8. The number of unbranched alkanes of at least 4 members (excludes halogenated alkanes) is 2. The predicted molar refractivity (Wildman–Crippen MR) is 332 cm³/mol. The fourth-order valence-electron chi connectivity index (χ4n) is 12.2. The van der Waals surface area contributed by atoms with Crippen LogP contribution in [0.15, 0.2) is 104 Å². The van der Waals surface area contributed by atoms with Gasteiger partial charge in [-0.15, -0.1) is 4.33 Å². The van der Waals surface area contributed by atoms with E-state index < -0.39 is 83.8 Å². The van der Waals surface area contributed by atoms with Gasteiger partial charge >= 0.3 is 5.97 Å². The lowest BCUT2D eigenvalue weighted by Gasteiger charge is -2.31. The van der Waals surface area contributed by atoms with E-state index in [9.17, 15) is 71.1 Å². The van der Waals surface area contributed by atoms with Crippen LogP contribution < -0.4 is 20.9 Å². The van der Waals surface area contributed by atoms with E-state index in [1.165, 1.54) is 18.2 Å². The van der Waals surface area contributed by atoms with E-state index in [-0.39, 0.29) is 91.5 Å². The summed E-state index contributed by atoms with van der Waals surface area (Å²) in [6, 6.07) is 9.91. The number of carbonyl (C=O) groups excluding carboxylic acids is 3. The molecule has 30 heteroatoms. The molecule has 2 unspecified atom stereocenters. The van der Waals surface area contributed by atoms with E-state index in [0.717, 1.165) is 11.8 Å². The number of fused-ring (bicyclic) bond motifs is 9. The number of anilines is 1. The van der Waals surface area contributed by atoms with Gasteiger partial charge in [-0.25, -0.2) is 5.26 Å². The van der Waals surface area contributed by atoms with Crippen LogP contribution in [0.2, 0.25) is 0 Å². The molecule has 2 atom stereocenters. The Morgan fingerprint density at radius 1 is 0.730 bits per heavy atom. The summed E-state index contributed by atoms with van der Waals surface area (Å²) in [6.07, 6.45) is 14.8. The van der Waals surface area contributed by atoms with Gasteiger partial charge in [0.25, 0.3) is 40.5 Å². The van der Waals surface area contributed by atoms with Crippen LogP contribution in [0.1, 0.15) is 141 Å². The number of hydrogen-bond acceptors (Lipinski definition) is 17. The van der Waals surface area contributed by atoms with E-state index >= 15 is 0 Å². The Kier molecular flexibility index (Phi) is 23.6. The molecule has 486 valence electrons. The van der Waals surface area contributed by atoms with Crippen LogP contribution in [0, 0.1) is 0 Å². The number of hydrogen-bond donors (Lipinski definition) is 9. The molecular weight excluding hydrogens is 1260 g/mol. The van der Waals surface area contributed by atoms with Crippen molar-refractivity contribution in [2.24, 2.45) is 0 Å². The molecule has 4 aromatic carbocycles. The Morgan fingerprint density at radius 3 is 2.08 bits per heavy atom. The average Bonchev–Trinajstić information content (AvgIpc) is 1.61. The highest BCUT2D eigenvalue weighted by Crippen LogP contribution is 2.55. The number of nitrogens with one attached hydrogen (secondary N) is 3. The molecule has 3 heterocycles. The lowest BCUT2D eigenvalue weighted by molar-refractivity contribution is -0.438. The van der Waals surface area contributed by atoms with Crippen LogP contribution in [0.5, 0.6) is 0 Å². The monoisotopic (exact) mass is 1330 g/mol. The van der Waals surface area contributed by atoms with Gasteiger partial charge in [0.05, 0.1) is 33.0 Å². The molecule has 7 rings (SSSR count). The second-order valence-electron chi connectivity index (χ2n) is 23.0. The maximum Gasteiger partial charge on any atom is 0.303 e. The average molecular weight is 1340 g/mol. The topological polar surface area (TPSA) is 387 Å². The molecule has 89 heavy (non-hydrogen) atoms. The number of rotatable bonds is 17. The third-order valence-corrected chi connectivity index (χ3v) is 20.3. The molecule has 4 aromatic rings. The standard InChI is InChI=1S/C59H75N5O20S5/c1-58(2)50-20-8-4-9-21-51-59(3,56-44-36-40(88(77,78)79)38-49(89(80,81)82)42(44)26-28-47(56)64(51)33-18-34-86(71,72)73)29-14-5-10-22-52(65)60-30-16-13-19-45(57(69)61-31-15-6-12-24-54(67)68)62-53(66)23-11-7-17-32-63(50)46-27-25-41-43(55(46)58)35-39(87(74,75)76)37-48(41)85-84-83-70/h4,8-9,20-21,25-28,35-38,45H,5-7,10-19,22-24,29-34H2,1-3H3,(H8-,60,61,62,65,66,67,68,69,70,71,72,73,74,75,76,77,78,79,80,81,82)/p+1. The molecule has 3 aliphatic rings. The lowest BCUT2D eigenvalue weighted by Crippen LogP contribution is -2.47. The molecular formula is C59H76N5O20S5+. The summed E-state index contributed by atoms with van der Waals surface area (Å²) in [5.41, 5.74) is 1.31. The molecule has 25 nitrogen and oxygen atoms in total. The summed E-state index contributed by atoms with van der Waals surface area (Å²) >= 11 is 0.516. The number of benzene rings is 4. The summed E-state index contributed by atoms with van der Waals surface area (Å²) < 4.78 is 149. The molecule has 0 saturated heterocycles. The molecule has 0 spiro atoms. The first-order valence-electron chi connectivity index (χ1n) is 29.2. The van der Waals surface area contributed by atoms with Crippen molar-refractivity contribution >= 4 is 115 Å². The number of nitrogens with zero attached hydrogens (tertiary/aromatic N) is 2. The van der Waals surface area contributed by atoms with Gasteiger partial charge in [-0.05, 0) is 149 Å². The van der Waals surface area contributed by atoms with Crippen molar-refractivity contribution in [1.82, 2.24) is 16.0 Å². The van der Waals surface area contributed by atoms with E-state index in [2.05, 4.69) is 25.6 Å². The molecule has 0 radical (unpaired) electrons. The third kappa shape index (κ3) is 17.9. The number of amides is 3. The lowest BCUT2D eigenvalue weighted by atomic mass is 9.75. The van der Waals surface area contributed by atoms with E-state index in [4.69, 9.17) is 14.7 Å². The smallest absolute Gasteiger partial charge is 0.303 e. The van der Waals surface area contributed by atoms with Crippen LogP contribution in [-0.4, -0.2) is 134 Å². The van der Waals surface area contributed by atoms with Crippen molar-refractivity contribution in [2.45, 2.75) is 166 Å². The number of allylic oxidation sites excluding steroid dienone is 6. The van der Waals surface area contributed by atoms with Gasteiger partial charge in [-0.1, -0.05) is 48.6 Å². The normalized spacial score (nSPS) is 20.7. The molecule has 0 aliphatic carbocycles. The molecule has 0 fully saturated rings. The molecule has 0 bridgehead atoms. The van der Waals surface area contributed by atoms with Crippen LogP contribution in [0.4, 0.5) is 11.4 Å². The number of carbonyl (C=O) groups is 4. The zero-order chi connectivity index (χ0) is 65.1. The van der Waals surface area contributed by atoms with Gasteiger partial charge in [-0.3, -0.25) is 37.4 Å². The van der Waals surface area contributed by atoms with Gasteiger partial charge in [0.15, 0.2) is 5.71 Å². The highest BCUT2D eigenvalue weighted by molar-refractivity contribution is 7.94. The Hall–Kier alpha value is -6.16. The number of aliphatic carboxylic acids is 1. The Labute approximate surface area is 522 Å². The minimum absolute atomic E-state index is 0.00815. The van der Waals surface area contributed by atoms with Crippen molar-refractivity contribution < 1.29 is 95.4 Å². The van der Waals surface area contributed by atoms with Gasteiger partial charge in [0.2, 0.25) is 23.4 Å². The van der Waals surface area contributed by atoms with E-state index in [1.807, 2.05) is 32.9 Å². The number of carboxylic acid groups (broad SMARTS) is 1.